The lowest BCUT2D eigenvalue weighted by Gasteiger charge is -2.34. The molecule has 108 valence electrons. The van der Waals surface area contributed by atoms with E-state index in [1.54, 1.807) is 34.9 Å². The summed E-state index contributed by atoms with van der Waals surface area (Å²) in [7, 11) is 1.54. The quantitative estimate of drug-likeness (QED) is 0.802. The highest BCUT2D eigenvalue weighted by molar-refractivity contribution is 5.95. The Morgan fingerprint density at radius 2 is 1.75 bits per heavy atom. The lowest BCUT2D eigenvalue weighted by molar-refractivity contribution is -0.130. The number of rotatable bonds is 2. The summed E-state index contributed by atoms with van der Waals surface area (Å²) >= 11 is 0. The first-order valence-corrected chi connectivity index (χ1v) is 6.51. The second-order valence-corrected chi connectivity index (χ2v) is 4.75. The Morgan fingerprint density at radius 1 is 1.15 bits per heavy atom. The van der Waals surface area contributed by atoms with Gasteiger partial charge in [0.15, 0.2) is 0 Å². The van der Waals surface area contributed by atoms with Gasteiger partial charge in [0.05, 0.1) is 12.8 Å². The smallest absolute Gasteiger partial charge is 0.254 e. The van der Waals surface area contributed by atoms with Gasteiger partial charge in [-0.25, -0.2) is 0 Å². The summed E-state index contributed by atoms with van der Waals surface area (Å²) in [5.41, 5.74) is 6.80. The van der Waals surface area contributed by atoms with E-state index < -0.39 is 0 Å². The predicted molar refractivity (Wildman–Crippen MR) is 75.6 cm³/mol. The minimum Gasteiger partial charge on any atom is -0.495 e. The van der Waals surface area contributed by atoms with E-state index in [1.807, 2.05) is 0 Å². The number of hydrogen-bond acceptors (Lipinski definition) is 4. The Balaban J connectivity index is 2.05. The van der Waals surface area contributed by atoms with E-state index in [-0.39, 0.29) is 11.8 Å². The maximum absolute atomic E-state index is 12.4. The van der Waals surface area contributed by atoms with Gasteiger partial charge in [-0.3, -0.25) is 9.59 Å². The fraction of sp³-hybridized carbons (Fsp3) is 0.429. The van der Waals surface area contributed by atoms with Crippen molar-refractivity contribution in [3.8, 4) is 5.75 Å². The van der Waals surface area contributed by atoms with Crippen molar-refractivity contribution in [2.24, 2.45) is 0 Å². The third-order valence-electron chi connectivity index (χ3n) is 3.49. The zero-order chi connectivity index (χ0) is 14.7. The predicted octanol–water partition coefficient (Wildman–Crippen LogP) is 0.582. The summed E-state index contributed by atoms with van der Waals surface area (Å²) in [5.74, 6) is 0.538. The van der Waals surface area contributed by atoms with Crippen LogP contribution < -0.4 is 10.5 Å². The molecular formula is C14H19N3O3. The van der Waals surface area contributed by atoms with Gasteiger partial charge in [-0.15, -0.1) is 0 Å². The molecule has 1 aromatic rings. The number of amides is 2. The SMILES string of the molecule is COc1ccc(C(=O)N2CCN(C(C)=O)CC2)cc1N. The minimum atomic E-state index is -0.0671. The van der Waals surface area contributed by atoms with Crippen LogP contribution in [-0.4, -0.2) is 54.9 Å². The molecule has 0 saturated carbocycles. The maximum Gasteiger partial charge on any atom is 0.254 e. The molecule has 6 heteroatoms. The summed E-state index contributed by atoms with van der Waals surface area (Å²) in [6, 6.07) is 5.02. The molecule has 2 amide bonds. The first-order chi connectivity index (χ1) is 9.52. The van der Waals surface area contributed by atoms with Crippen LogP contribution in [0.25, 0.3) is 0 Å². The van der Waals surface area contributed by atoms with E-state index in [1.165, 1.54) is 7.11 Å². The number of benzene rings is 1. The second-order valence-electron chi connectivity index (χ2n) is 4.75. The van der Waals surface area contributed by atoms with Crippen LogP contribution in [0.15, 0.2) is 18.2 Å². The molecule has 2 rings (SSSR count). The van der Waals surface area contributed by atoms with Gasteiger partial charge in [-0.1, -0.05) is 0 Å². The molecular weight excluding hydrogens is 258 g/mol. The molecule has 20 heavy (non-hydrogen) atoms. The van der Waals surface area contributed by atoms with Crippen molar-refractivity contribution in [1.29, 1.82) is 0 Å². The molecule has 0 aliphatic carbocycles. The van der Waals surface area contributed by atoms with Crippen LogP contribution in [0.3, 0.4) is 0 Å². The fourth-order valence-electron chi connectivity index (χ4n) is 2.27. The van der Waals surface area contributed by atoms with Crippen LogP contribution in [0, 0.1) is 0 Å². The third-order valence-corrected chi connectivity index (χ3v) is 3.49. The van der Waals surface area contributed by atoms with E-state index in [0.29, 0.717) is 43.2 Å². The van der Waals surface area contributed by atoms with E-state index in [9.17, 15) is 9.59 Å². The van der Waals surface area contributed by atoms with Gasteiger partial charge in [0.25, 0.3) is 5.91 Å². The van der Waals surface area contributed by atoms with Crippen molar-refractivity contribution in [3.05, 3.63) is 23.8 Å². The molecule has 1 aliphatic heterocycles. The summed E-state index contributed by atoms with van der Waals surface area (Å²) in [6.07, 6.45) is 0. The highest BCUT2D eigenvalue weighted by Gasteiger charge is 2.23. The molecule has 1 aliphatic rings. The van der Waals surface area contributed by atoms with Crippen molar-refractivity contribution < 1.29 is 14.3 Å². The molecule has 1 fully saturated rings. The lowest BCUT2D eigenvalue weighted by atomic mass is 10.1. The standard InChI is InChI=1S/C14H19N3O3/c1-10(18)16-5-7-17(8-6-16)14(19)11-3-4-13(20-2)12(15)9-11/h3-4,9H,5-8,15H2,1-2H3. The molecule has 1 aromatic carbocycles. The van der Waals surface area contributed by atoms with Crippen LogP contribution >= 0.6 is 0 Å². The summed E-state index contributed by atoms with van der Waals surface area (Å²) in [6.45, 7) is 3.79. The molecule has 0 atom stereocenters. The number of methoxy groups -OCH3 is 1. The van der Waals surface area contributed by atoms with Crippen LogP contribution in [0.1, 0.15) is 17.3 Å². The van der Waals surface area contributed by atoms with Gasteiger partial charge in [0, 0.05) is 38.7 Å². The van der Waals surface area contributed by atoms with Gasteiger partial charge >= 0.3 is 0 Å². The Labute approximate surface area is 118 Å². The van der Waals surface area contributed by atoms with Crippen molar-refractivity contribution >= 4 is 17.5 Å². The van der Waals surface area contributed by atoms with Gasteiger partial charge in [0.1, 0.15) is 5.75 Å². The second kappa shape index (κ2) is 5.81. The van der Waals surface area contributed by atoms with Gasteiger partial charge in [0.2, 0.25) is 5.91 Å². The average molecular weight is 277 g/mol. The Kier molecular flexibility index (Phi) is 4.12. The van der Waals surface area contributed by atoms with Crippen molar-refractivity contribution in [3.63, 3.8) is 0 Å². The number of ether oxygens (including phenoxy) is 1. The van der Waals surface area contributed by atoms with E-state index in [0.717, 1.165) is 0 Å². The van der Waals surface area contributed by atoms with Crippen LogP contribution in [0.5, 0.6) is 5.75 Å². The molecule has 0 unspecified atom stereocenters. The first kappa shape index (κ1) is 14.2. The van der Waals surface area contributed by atoms with Gasteiger partial charge in [-0.2, -0.15) is 0 Å². The Bertz CT molecular complexity index is 522. The number of carbonyl (C=O) groups is 2. The molecule has 1 saturated heterocycles. The number of anilines is 1. The molecule has 0 radical (unpaired) electrons. The van der Waals surface area contributed by atoms with E-state index in [4.69, 9.17) is 10.5 Å². The average Bonchev–Trinajstić information content (AvgIpc) is 2.46. The van der Waals surface area contributed by atoms with Crippen LogP contribution in [0.4, 0.5) is 5.69 Å². The monoisotopic (exact) mass is 277 g/mol. The molecule has 0 bridgehead atoms. The lowest BCUT2D eigenvalue weighted by Crippen LogP contribution is -2.50. The Hall–Kier alpha value is -2.24. The minimum absolute atomic E-state index is 0.0470. The molecule has 1 heterocycles. The first-order valence-electron chi connectivity index (χ1n) is 6.51. The molecule has 6 nitrogen and oxygen atoms in total. The van der Waals surface area contributed by atoms with E-state index in [2.05, 4.69) is 0 Å². The zero-order valence-electron chi connectivity index (χ0n) is 11.8. The topological polar surface area (TPSA) is 75.9 Å². The van der Waals surface area contributed by atoms with Crippen molar-refractivity contribution in [2.45, 2.75) is 6.92 Å². The van der Waals surface area contributed by atoms with Crippen molar-refractivity contribution in [2.75, 3.05) is 39.0 Å². The fourth-order valence-corrected chi connectivity index (χ4v) is 2.27. The van der Waals surface area contributed by atoms with Crippen molar-refractivity contribution in [1.82, 2.24) is 9.80 Å². The summed E-state index contributed by atoms with van der Waals surface area (Å²) in [5, 5.41) is 0. The highest BCUT2D eigenvalue weighted by atomic mass is 16.5. The van der Waals surface area contributed by atoms with Crippen LogP contribution in [-0.2, 0) is 4.79 Å². The van der Waals surface area contributed by atoms with E-state index >= 15 is 0 Å². The van der Waals surface area contributed by atoms with Gasteiger partial charge in [-0.05, 0) is 18.2 Å². The number of carbonyl (C=O) groups excluding carboxylic acids is 2. The van der Waals surface area contributed by atoms with Gasteiger partial charge < -0.3 is 20.3 Å². The molecule has 0 spiro atoms. The Morgan fingerprint density at radius 3 is 2.25 bits per heavy atom. The highest BCUT2D eigenvalue weighted by Crippen LogP contribution is 2.22. The number of hydrogen-bond donors (Lipinski definition) is 1. The summed E-state index contributed by atoms with van der Waals surface area (Å²) < 4.78 is 5.07. The van der Waals surface area contributed by atoms with Crippen LogP contribution in [0.2, 0.25) is 0 Å². The number of nitrogens with zero attached hydrogens (tertiary/aromatic N) is 2. The maximum atomic E-state index is 12.4. The summed E-state index contributed by atoms with van der Waals surface area (Å²) in [4.78, 5) is 27.1. The largest absolute Gasteiger partial charge is 0.495 e. The number of piperazine rings is 1. The number of nitrogens with two attached hydrogens (primary N) is 1. The normalized spacial score (nSPS) is 15.1. The molecule has 2 N–H and O–H groups in total. The molecule has 0 aromatic heterocycles. The zero-order valence-corrected chi connectivity index (χ0v) is 11.8. The number of nitrogen functional groups attached to an aromatic ring is 1. The third kappa shape index (κ3) is 2.84.